The van der Waals surface area contributed by atoms with Gasteiger partial charge in [0.25, 0.3) is 14.8 Å². The van der Waals surface area contributed by atoms with Gasteiger partial charge >= 0.3 is 6.72 Å². The van der Waals surface area contributed by atoms with Crippen molar-refractivity contribution in [2.75, 3.05) is 39.4 Å². The van der Waals surface area contributed by atoms with Crippen LogP contribution in [0.2, 0.25) is 0 Å². The van der Waals surface area contributed by atoms with E-state index in [2.05, 4.69) is 39.6 Å². The van der Waals surface area contributed by atoms with Crippen LogP contribution in [-0.2, 0) is 60.7 Å². The standard InChI is InChI=1S/C61H72N10O12P2S/c1-42(2)71(43(3)4)84(77-38-18-34-63)80-53-50(40-76-61(45-21-15-12-16-22-45,46-23-27-48(73-9)28-24-46)47-25-29-49(74-10)30-26-47)78-57(54(53)81-85(86,82-59(5,6)31-35-64)83-60(7,8)32-36-65)79-70-41-66-52-55(70)68-58(69-56(52)75-37-17-33-62)67-51(72)39-44-19-13-11-14-20-44/h11-16,19-30,41-43,50,53-54,57H,17-18,31-32,37-40H2,1-10H3,(H,67,68,69,72)/t50-,53-,54-,57+,84?/m1/s1. The van der Waals surface area contributed by atoms with Crippen LogP contribution in [0, 0.1) is 45.3 Å². The zero-order valence-electron chi connectivity index (χ0n) is 49.8. The third kappa shape index (κ3) is 17.1. The molecule has 5 atom stereocenters. The molecule has 25 heteroatoms. The van der Waals surface area contributed by atoms with Crippen LogP contribution in [0.5, 0.6) is 17.4 Å². The molecule has 7 rings (SSSR count). The summed E-state index contributed by atoms with van der Waals surface area (Å²) >= 11 is 6.41. The van der Waals surface area contributed by atoms with Crippen LogP contribution in [-0.4, -0.2) is 112 Å². The lowest BCUT2D eigenvalue weighted by Crippen LogP contribution is -2.44. The number of nitrogens with one attached hydrogen (secondary N) is 1. The first-order chi connectivity index (χ1) is 41.2. The van der Waals surface area contributed by atoms with E-state index in [1.807, 2.05) is 142 Å². The van der Waals surface area contributed by atoms with Crippen molar-refractivity contribution in [3.63, 3.8) is 0 Å². The number of hydrogen-bond acceptors (Lipinski definition) is 21. The van der Waals surface area contributed by atoms with E-state index in [0.717, 1.165) is 11.1 Å². The van der Waals surface area contributed by atoms with Crippen molar-refractivity contribution in [1.82, 2.24) is 24.4 Å². The van der Waals surface area contributed by atoms with Crippen molar-refractivity contribution in [3.8, 4) is 41.7 Å². The van der Waals surface area contributed by atoms with Gasteiger partial charge in [-0.2, -0.15) is 31.0 Å². The first-order valence-corrected chi connectivity index (χ1v) is 31.5. The second kappa shape index (κ2) is 30.4. The predicted octanol–water partition coefficient (Wildman–Crippen LogP) is 11.2. The highest BCUT2D eigenvalue weighted by molar-refractivity contribution is 8.07. The summed E-state index contributed by atoms with van der Waals surface area (Å²) in [4.78, 5) is 34.3. The van der Waals surface area contributed by atoms with Crippen LogP contribution in [0.25, 0.3) is 11.2 Å². The van der Waals surface area contributed by atoms with Crippen LogP contribution in [0.1, 0.15) is 103 Å². The SMILES string of the molecule is COc1ccc(C(OC[C@H]2O[C@@H](On3cnc4c(OCCC#N)nc(NC(=O)Cc5ccccc5)nc43)[C@H](OP(=S)(OC(C)(C)CC#N)OC(C)(C)CC#N)[C@@H]2OP(OCCC#N)N(C(C)C)C(C)C)(c2ccccc2)c2ccc(OC)cc2)cc1. The Morgan fingerprint density at radius 2 is 1.30 bits per heavy atom. The number of hydrogen-bond donors (Lipinski definition) is 1. The summed E-state index contributed by atoms with van der Waals surface area (Å²) in [6.07, 6.45) is -4.55. The lowest BCUT2D eigenvalue weighted by atomic mass is 9.80. The average Bonchev–Trinajstić information content (AvgIpc) is 1.28. The number of benzene rings is 4. The normalized spacial score (nSPS) is 16.7. The number of carbonyl (C=O) groups is 1. The number of rotatable bonds is 32. The van der Waals surface area contributed by atoms with Gasteiger partial charge in [0.1, 0.15) is 42.2 Å². The van der Waals surface area contributed by atoms with E-state index in [4.69, 9.17) is 67.9 Å². The molecule has 1 fully saturated rings. The average molecular weight is 1230 g/mol. The predicted molar refractivity (Wildman–Crippen MR) is 323 cm³/mol. The minimum atomic E-state index is -4.24. The Bertz CT molecular complexity index is 3320. The number of methoxy groups -OCH3 is 2. The van der Waals surface area contributed by atoms with E-state index in [0.29, 0.717) is 22.6 Å². The highest BCUT2D eigenvalue weighted by atomic mass is 32.5. The minimum absolute atomic E-state index is 0.000905. The van der Waals surface area contributed by atoms with Crippen molar-refractivity contribution >= 4 is 50.1 Å². The van der Waals surface area contributed by atoms with Gasteiger partial charge in [0.05, 0.1) is 95.0 Å². The van der Waals surface area contributed by atoms with Gasteiger partial charge in [-0.1, -0.05) is 84.9 Å². The molecule has 454 valence electrons. The van der Waals surface area contributed by atoms with E-state index < -0.39 is 62.6 Å². The van der Waals surface area contributed by atoms with Gasteiger partial charge in [0, 0.05) is 12.1 Å². The van der Waals surface area contributed by atoms with Crippen LogP contribution >= 0.6 is 15.2 Å². The van der Waals surface area contributed by atoms with E-state index in [9.17, 15) is 25.8 Å². The Kier molecular flexibility index (Phi) is 23.5. The molecule has 2 aromatic heterocycles. The van der Waals surface area contributed by atoms with Crippen molar-refractivity contribution in [2.45, 2.75) is 141 Å². The van der Waals surface area contributed by atoms with Gasteiger partial charge in [-0.3, -0.25) is 14.6 Å². The number of fused-ring (bicyclic) bond motifs is 1. The summed E-state index contributed by atoms with van der Waals surface area (Å²) in [5, 5.41) is 42.1. The van der Waals surface area contributed by atoms with Crippen molar-refractivity contribution < 1.29 is 55.9 Å². The fourth-order valence-electron chi connectivity index (χ4n) is 9.43. The molecule has 1 unspecified atom stereocenters. The second-order valence-corrected chi connectivity index (χ2v) is 25.7. The van der Waals surface area contributed by atoms with Crippen LogP contribution in [0.15, 0.2) is 116 Å². The Hall–Kier alpha value is -7.18. The van der Waals surface area contributed by atoms with Gasteiger partial charge in [-0.15, -0.1) is 4.73 Å². The van der Waals surface area contributed by atoms with Crippen molar-refractivity contribution in [3.05, 3.63) is 138 Å². The third-order valence-electron chi connectivity index (χ3n) is 13.2. The Labute approximate surface area is 508 Å². The molecule has 86 heavy (non-hydrogen) atoms. The highest BCUT2D eigenvalue weighted by Gasteiger charge is 2.55. The van der Waals surface area contributed by atoms with Gasteiger partial charge in [-0.05, 0) is 114 Å². The Morgan fingerprint density at radius 3 is 1.84 bits per heavy atom. The molecular weight excluding hydrogens is 1160 g/mol. The van der Waals surface area contributed by atoms with Crippen LogP contribution in [0.4, 0.5) is 5.95 Å². The maximum atomic E-state index is 13.6. The molecule has 1 aliphatic rings. The molecule has 1 saturated heterocycles. The molecule has 1 amide bonds. The molecule has 4 aromatic carbocycles. The number of ether oxygens (including phenoxy) is 5. The van der Waals surface area contributed by atoms with Gasteiger partial charge in [0.2, 0.25) is 23.4 Å². The van der Waals surface area contributed by atoms with E-state index >= 15 is 0 Å². The smallest absolute Gasteiger partial charge is 0.328 e. The van der Waals surface area contributed by atoms with Crippen molar-refractivity contribution in [1.29, 1.82) is 21.0 Å². The van der Waals surface area contributed by atoms with E-state index in [1.165, 1.54) is 11.1 Å². The zero-order valence-corrected chi connectivity index (χ0v) is 52.4. The largest absolute Gasteiger partial charge is 0.497 e. The molecule has 22 nitrogen and oxygen atoms in total. The van der Waals surface area contributed by atoms with Crippen LogP contribution < -0.4 is 24.4 Å². The maximum absolute atomic E-state index is 13.6. The maximum Gasteiger partial charge on any atom is 0.328 e. The fraction of sp³-hybridized carbons (Fsp3) is 0.443. The van der Waals surface area contributed by atoms with Crippen LogP contribution in [0.3, 0.4) is 0 Å². The van der Waals surface area contributed by atoms with Gasteiger partial charge in [-0.25, -0.2) is 9.65 Å². The molecule has 6 aromatic rings. The van der Waals surface area contributed by atoms with E-state index in [1.54, 1.807) is 41.9 Å². The lowest BCUT2D eigenvalue weighted by Gasteiger charge is -2.40. The number of anilines is 1. The second-order valence-electron chi connectivity index (χ2n) is 21.5. The molecule has 0 bridgehead atoms. The number of carbonyl (C=O) groups excluding carboxylic acids is 1. The zero-order chi connectivity index (χ0) is 62.1. The third-order valence-corrected chi connectivity index (χ3v) is 18.0. The summed E-state index contributed by atoms with van der Waals surface area (Å²) in [7, 11) is 1.04. The summed E-state index contributed by atoms with van der Waals surface area (Å²) < 4.78 is 69.7. The molecule has 1 N–H and O–H groups in total. The summed E-state index contributed by atoms with van der Waals surface area (Å²) in [5.41, 5.74) is -0.994. The number of nitriles is 4. The van der Waals surface area contributed by atoms with Crippen molar-refractivity contribution in [2.24, 2.45) is 0 Å². The molecular formula is C61H72N10O12P2S. The molecule has 1 aliphatic heterocycles. The molecule has 3 heterocycles. The minimum Gasteiger partial charge on any atom is -0.497 e. The molecule has 0 aliphatic carbocycles. The quantitative estimate of drug-likeness (QED) is 0.0233. The number of imidazole rings is 1. The van der Waals surface area contributed by atoms with E-state index in [-0.39, 0.29) is 87.0 Å². The number of aromatic nitrogens is 4. The molecule has 0 radical (unpaired) electrons. The highest BCUT2D eigenvalue weighted by Crippen LogP contribution is 2.60. The molecule has 0 spiro atoms. The lowest BCUT2D eigenvalue weighted by molar-refractivity contribution is -0.175. The van der Waals surface area contributed by atoms with Gasteiger partial charge in [0.15, 0.2) is 11.6 Å². The Balaban J connectivity index is 1.46. The summed E-state index contributed by atoms with van der Waals surface area (Å²) in [6, 6.07) is 42.0. The summed E-state index contributed by atoms with van der Waals surface area (Å²) in [5.74, 6) is 0.546. The van der Waals surface area contributed by atoms with Gasteiger partial charge < -0.3 is 46.6 Å². The number of nitrogens with zero attached hydrogens (tertiary/aromatic N) is 9. The number of amides is 1. The monoisotopic (exact) mass is 1230 g/mol. The Morgan fingerprint density at radius 1 is 0.756 bits per heavy atom. The first-order valence-electron chi connectivity index (χ1n) is 27.8. The molecule has 0 saturated carbocycles. The summed E-state index contributed by atoms with van der Waals surface area (Å²) in [6.45, 7) is 10.0. The first kappa shape index (κ1) is 66.3. The topological polar surface area (TPSA) is 273 Å². The fourth-order valence-corrected chi connectivity index (χ4v) is 14.7.